The third-order valence-corrected chi connectivity index (χ3v) is 7.66. The van der Waals surface area contributed by atoms with Crippen LogP contribution in [0.15, 0.2) is 28.0 Å². The number of nitrogens with one attached hydrogen (secondary N) is 1. The molecule has 28 heavy (non-hydrogen) atoms. The van der Waals surface area contributed by atoms with E-state index in [2.05, 4.69) is 19.2 Å². The Morgan fingerprint density at radius 3 is 2.57 bits per heavy atom. The highest BCUT2D eigenvalue weighted by molar-refractivity contribution is 8.00. The molecule has 1 aromatic carbocycles. The summed E-state index contributed by atoms with van der Waals surface area (Å²) in [5, 5.41) is 2.83. The first-order valence-corrected chi connectivity index (χ1v) is 12.0. The second kappa shape index (κ2) is 9.76. The normalized spacial score (nSPS) is 14.5. The molecular weight excluding hydrogens is 398 g/mol. The summed E-state index contributed by atoms with van der Waals surface area (Å²) >= 11 is 1.36. The zero-order valence-corrected chi connectivity index (χ0v) is 18.5. The number of sulfonamides is 1. The fourth-order valence-electron chi connectivity index (χ4n) is 2.93. The highest BCUT2D eigenvalue weighted by Crippen LogP contribution is 2.37. The largest absolute Gasteiger partial charge is 0.355 e. The van der Waals surface area contributed by atoms with Gasteiger partial charge in [-0.1, -0.05) is 27.7 Å². The third kappa shape index (κ3) is 5.27. The molecule has 1 aliphatic rings. The number of rotatable bonds is 9. The number of carbonyl (C=O) groups excluding carboxylic acids is 2. The lowest BCUT2D eigenvalue weighted by Gasteiger charge is -2.29. The molecule has 0 saturated carbocycles. The summed E-state index contributed by atoms with van der Waals surface area (Å²) < 4.78 is 27.0. The van der Waals surface area contributed by atoms with E-state index >= 15 is 0 Å². The maximum Gasteiger partial charge on any atom is 0.243 e. The van der Waals surface area contributed by atoms with Gasteiger partial charge in [0.25, 0.3) is 0 Å². The molecule has 1 N–H and O–H groups in total. The predicted molar refractivity (Wildman–Crippen MR) is 112 cm³/mol. The molecule has 0 radical (unpaired) electrons. The van der Waals surface area contributed by atoms with E-state index in [1.165, 1.54) is 27.0 Å². The van der Waals surface area contributed by atoms with Crippen molar-refractivity contribution in [3.05, 3.63) is 18.2 Å². The Labute approximate surface area is 171 Å². The van der Waals surface area contributed by atoms with Gasteiger partial charge >= 0.3 is 0 Å². The van der Waals surface area contributed by atoms with Gasteiger partial charge in [-0.05, 0) is 30.5 Å². The standard InChI is InChI=1S/C19H29N3O4S2/c1-5-21(6-2)28(25,26)15-7-8-17-16(11-15)22(19(24)13-27-17)12-18(23)20-10-9-14(3)4/h7-8,11,14H,5-6,9-10,12-13H2,1-4H3,(H,20,23). The van der Waals surface area contributed by atoms with Gasteiger partial charge in [0.05, 0.1) is 16.3 Å². The molecule has 1 aliphatic heterocycles. The summed E-state index contributed by atoms with van der Waals surface area (Å²) in [6.07, 6.45) is 0.860. The van der Waals surface area contributed by atoms with Crippen molar-refractivity contribution in [1.29, 1.82) is 0 Å². The summed E-state index contributed by atoms with van der Waals surface area (Å²) in [5.74, 6) is 0.258. The number of carbonyl (C=O) groups is 2. The van der Waals surface area contributed by atoms with Crippen LogP contribution in [0.4, 0.5) is 5.69 Å². The van der Waals surface area contributed by atoms with Crippen LogP contribution in [0.1, 0.15) is 34.1 Å². The van der Waals surface area contributed by atoms with Gasteiger partial charge in [0.15, 0.2) is 0 Å². The molecule has 0 atom stereocenters. The zero-order valence-electron chi connectivity index (χ0n) is 16.9. The number of nitrogens with zero attached hydrogens (tertiary/aromatic N) is 2. The van der Waals surface area contributed by atoms with Gasteiger partial charge in [0, 0.05) is 24.5 Å². The van der Waals surface area contributed by atoms with Crippen molar-refractivity contribution in [3.8, 4) is 0 Å². The van der Waals surface area contributed by atoms with Crippen molar-refractivity contribution in [2.75, 3.05) is 36.8 Å². The average molecular weight is 428 g/mol. The van der Waals surface area contributed by atoms with E-state index in [0.29, 0.717) is 31.2 Å². The Balaban J connectivity index is 2.27. The minimum absolute atomic E-state index is 0.112. The summed E-state index contributed by atoms with van der Waals surface area (Å²) in [7, 11) is -3.64. The second-order valence-electron chi connectivity index (χ2n) is 7.02. The van der Waals surface area contributed by atoms with Crippen LogP contribution in [0.5, 0.6) is 0 Å². The molecule has 0 fully saturated rings. The molecule has 0 aliphatic carbocycles. The van der Waals surface area contributed by atoms with Crippen molar-refractivity contribution >= 4 is 39.3 Å². The van der Waals surface area contributed by atoms with E-state index in [4.69, 9.17) is 0 Å². The van der Waals surface area contributed by atoms with E-state index in [0.717, 1.165) is 11.3 Å². The zero-order chi connectivity index (χ0) is 20.9. The summed E-state index contributed by atoms with van der Waals surface area (Å²) in [5.41, 5.74) is 0.480. The van der Waals surface area contributed by atoms with Crippen LogP contribution in [-0.2, 0) is 19.6 Å². The van der Waals surface area contributed by atoms with Crippen molar-refractivity contribution in [3.63, 3.8) is 0 Å². The summed E-state index contributed by atoms with van der Waals surface area (Å²) in [6, 6.07) is 4.79. The van der Waals surface area contributed by atoms with Crippen LogP contribution in [0, 0.1) is 5.92 Å². The van der Waals surface area contributed by atoms with Crippen LogP contribution in [0.25, 0.3) is 0 Å². The molecule has 0 bridgehead atoms. The molecule has 1 aromatic rings. The van der Waals surface area contributed by atoms with Gasteiger partial charge in [0.1, 0.15) is 6.54 Å². The van der Waals surface area contributed by atoms with Gasteiger partial charge in [0.2, 0.25) is 21.8 Å². The smallest absolute Gasteiger partial charge is 0.243 e. The Morgan fingerprint density at radius 2 is 1.96 bits per heavy atom. The van der Waals surface area contributed by atoms with E-state index in [1.807, 2.05) is 0 Å². The van der Waals surface area contributed by atoms with Crippen molar-refractivity contribution in [2.45, 2.75) is 43.9 Å². The van der Waals surface area contributed by atoms with Gasteiger partial charge in [-0.3, -0.25) is 9.59 Å². The van der Waals surface area contributed by atoms with Crippen LogP contribution in [0.2, 0.25) is 0 Å². The van der Waals surface area contributed by atoms with Crippen LogP contribution < -0.4 is 10.2 Å². The van der Waals surface area contributed by atoms with E-state index in [-0.39, 0.29) is 29.0 Å². The fourth-order valence-corrected chi connectivity index (χ4v) is 5.32. The molecule has 156 valence electrons. The van der Waals surface area contributed by atoms with Crippen LogP contribution in [-0.4, -0.2) is 56.5 Å². The number of hydrogen-bond acceptors (Lipinski definition) is 5. The Hall–Kier alpha value is -1.58. The highest BCUT2D eigenvalue weighted by atomic mass is 32.2. The van der Waals surface area contributed by atoms with Crippen LogP contribution in [0.3, 0.4) is 0 Å². The number of thioether (sulfide) groups is 1. The van der Waals surface area contributed by atoms with Crippen molar-refractivity contribution in [2.24, 2.45) is 5.92 Å². The maximum absolute atomic E-state index is 12.8. The number of hydrogen-bond donors (Lipinski definition) is 1. The Kier molecular flexibility index (Phi) is 7.91. The van der Waals surface area contributed by atoms with Crippen molar-refractivity contribution in [1.82, 2.24) is 9.62 Å². The first-order chi connectivity index (χ1) is 13.2. The minimum Gasteiger partial charge on any atom is -0.355 e. The SMILES string of the molecule is CCN(CC)S(=O)(=O)c1ccc2c(c1)N(CC(=O)NCCC(C)C)C(=O)CS2. The van der Waals surface area contributed by atoms with Gasteiger partial charge in [-0.15, -0.1) is 11.8 Å². The first-order valence-electron chi connectivity index (χ1n) is 9.54. The van der Waals surface area contributed by atoms with E-state index < -0.39 is 10.0 Å². The lowest BCUT2D eigenvalue weighted by Crippen LogP contribution is -2.43. The lowest BCUT2D eigenvalue weighted by molar-refractivity contribution is -0.123. The van der Waals surface area contributed by atoms with Gasteiger partial charge in [-0.2, -0.15) is 4.31 Å². The van der Waals surface area contributed by atoms with E-state index in [9.17, 15) is 18.0 Å². The van der Waals surface area contributed by atoms with Crippen LogP contribution >= 0.6 is 11.8 Å². The highest BCUT2D eigenvalue weighted by Gasteiger charge is 2.29. The molecule has 0 saturated heterocycles. The Morgan fingerprint density at radius 1 is 1.29 bits per heavy atom. The minimum atomic E-state index is -3.64. The number of amides is 2. The van der Waals surface area contributed by atoms with E-state index in [1.54, 1.807) is 26.0 Å². The quantitative estimate of drug-likeness (QED) is 0.654. The third-order valence-electron chi connectivity index (χ3n) is 4.56. The monoisotopic (exact) mass is 427 g/mol. The molecule has 7 nitrogen and oxygen atoms in total. The van der Waals surface area contributed by atoms with Crippen molar-refractivity contribution < 1.29 is 18.0 Å². The molecule has 2 amide bonds. The molecule has 0 unspecified atom stereocenters. The second-order valence-corrected chi connectivity index (χ2v) is 9.98. The number of anilines is 1. The molecular formula is C19H29N3O4S2. The summed E-state index contributed by atoms with van der Waals surface area (Å²) in [6.45, 7) is 8.89. The maximum atomic E-state index is 12.8. The number of benzene rings is 1. The Bertz CT molecular complexity index is 820. The molecule has 0 spiro atoms. The fraction of sp³-hybridized carbons (Fsp3) is 0.579. The first kappa shape index (κ1) is 22.7. The van der Waals surface area contributed by atoms with Gasteiger partial charge < -0.3 is 10.2 Å². The molecule has 0 aromatic heterocycles. The molecule has 9 heteroatoms. The molecule has 1 heterocycles. The lowest BCUT2D eigenvalue weighted by atomic mass is 10.1. The predicted octanol–water partition coefficient (Wildman–Crippen LogP) is 2.32. The summed E-state index contributed by atoms with van der Waals surface area (Å²) in [4.78, 5) is 27.1. The molecule has 2 rings (SSSR count). The topological polar surface area (TPSA) is 86.8 Å². The average Bonchev–Trinajstić information content (AvgIpc) is 2.64. The number of fused-ring (bicyclic) bond motifs is 1. The van der Waals surface area contributed by atoms with Gasteiger partial charge in [-0.25, -0.2) is 8.42 Å².